The second-order valence-electron chi connectivity index (χ2n) is 3.07. The first kappa shape index (κ1) is 13.9. The standard InChI is InChI=1S/C7H12N2O.BF4/c8-7(10)9-6-4-2-1-3-5-6;2-1(3,4)5/h1-5H2,(H2,8,10);/q;-1. The van der Waals surface area contributed by atoms with Gasteiger partial charge in [-0.25, -0.2) is 9.79 Å². The molecule has 1 aliphatic rings. The van der Waals surface area contributed by atoms with Crippen molar-refractivity contribution in [2.45, 2.75) is 32.1 Å². The molecule has 0 atom stereocenters. The summed E-state index contributed by atoms with van der Waals surface area (Å²) in [5, 5.41) is 0. The number of nitrogens with zero attached hydrogens (tertiary/aromatic N) is 1. The molecule has 0 heterocycles. The fourth-order valence-electron chi connectivity index (χ4n) is 1.23. The van der Waals surface area contributed by atoms with E-state index in [2.05, 4.69) is 4.99 Å². The van der Waals surface area contributed by atoms with Crippen LogP contribution < -0.4 is 5.73 Å². The quantitative estimate of drug-likeness (QED) is 0.502. The van der Waals surface area contributed by atoms with Gasteiger partial charge in [-0.15, -0.1) is 0 Å². The van der Waals surface area contributed by atoms with Gasteiger partial charge in [0.25, 0.3) is 0 Å². The molecule has 15 heavy (non-hydrogen) atoms. The molecule has 3 nitrogen and oxygen atoms in total. The number of amides is 2. The average molecular weight is 227 g/mol. The van der Waals surface area contributed by atoms with Gasteiger partial charge in [0.1, 0.15) is 0 Å². The van der Waals surface area contributed by atoms with Crippen molar-refractivity contribution in [3.63, 3.8) is 0 Å². The summed E-state index contributed by atoms with van der Waals surface area (Å²) in [6.45, 7) is 0. The Morgan fingerprint density at radius 2 is 1.53 bits per heavy atom. The molecule has 0 radical (unpaired) electrons. The van der Waals surface area contributed by atoms with Gasteiger partial charge in [0.05, 0.1) is 0 Å². The number of halogens is 4. The van der Waals surface area contributed by atoms with Gasteiger partial charge in [-0.1, -0.05) is 6.42 Å². The molecule has 88 valence electrons. The van der Waals surface area contributed by atoms with Crippen LogP contribution in [0.1, 0.15) is 32.1 Å². The molecule has 0 unspecified atom stereocenters. The average Bonchev–Trinajstić information content (AvgIpc) is 2.01. The molecule has 0 aromatic rings. The Bertz CT molecular complexity index is 228. The summed E-state index contributed by atoms with van der Waals surface area (Å²) < 4.78 is 39.0. The molecule has 2 amide bonds. The van der Waals surface area contributed by atoms with Gasteiger partial charge >= 0.3 is 13.3 Å². The number of hydrogen-bond donors (Lipinski definition) is 1. The summed E-state index contributed by atoms with van der Waals surface area (Å²) in [6.07, 6.45) is 5.50. The lowest BCUT2D eigenvalue weighted by Gasteiger charge is -2.10. The Labute approximate surface area is 84.8 Å². The molecule has 1 rings (SSSR count). The summed E-state index contributed by atoms with van der Waals surface area (Å²) in [4.78, 5) is 14.0. The van der Waals surface area contributed by atoms with Crippen molar-refractivity contribution in [2.75, 3.05) is 0 Å². The van der Waals surface area contributed by atoms with E-state index in [9.17, 15) is 22.1 Å². The lowest BCUT2D eigenvalue weighted by atomic mass is 9.99. The largest absolute Gasteiger partial charge is 0.673 e. The zero-order chi connectivity index (χ0) is 11.9. The van der Waals surface area contributed by atoms with Gasteiger partial charge in [0.15, 0.2) is 0 Å². The molecule has 1 saturated carbocycles. The first-order valence-electron chi connectivity index (χ1n) is 4.52. The van der Waals surface area contributed by atoms with Crippen molar-refractivity contribution in [3.05, 3.63) is 0 Å². The van der Waals surface area contributed by atoms with E-state index in [1.54, 1.807) is 0 Å². The predicted octanol–water partition coefficient (Wildman–Crippen LogP) is 2.77. The van der Waals surface area contributed by atoms with Gasteiger partial charge in [-0.2, -0.15) is 0 Å². The maximum Gasteiger partial charge on any atom is 0.673 e. The summed E-state index contributed by atoms with van der Waals surface area (Å²) in [7, 11) is -6.00. The maximum absolute atomic E-state index is 10.3. The molecule has 0 aromatic heterocycles. The van der Waals surface area contributed by atoms with E-state index < -0.39 is 13.3 Å². The number of aliphatic imine (C=N–C) groups is 1. The highest BCUT2D eigenvalue weighted by Gasteiger charge is 2.20. The fraction of sp³-hybridized carbons (Fsp3) is 0.714. The van der Waals surface area contributed by atoms with Gasteiger partial charge in [-0.3, -0.25) is 0 Å². The normalized spacial score (nSPS) is 16.4. The third-order valence-corrected chi connectivity index (χ3v) is 1.70. The second-order valence-corrected chi connectivity index (χ2v) is 3.07. The van der Waals surface area contributed by atoms with Crippen LogP contribution >= 0.6 is 0 Å². The van der Waals surface area contributed by atoms with Crippen molar-refractivity contribution in [1.82, 2.24) is 0 Å². The minimum atomic E-state index is -6.00. The molecular weight excluding hydrogens is 215 g/mol. The van der Waals surface area contributed by atoms with Crippen LogP contribution in [0.25, 0.3) is 0 Å². The van der Waals surface area contributed by atoms with Crippen LogP contribution in [0.5, 0.6) is 0 Å². The van der Waals surface area contributed by atoms with E-state index in [1.165, 1.54) is 6.42 Å². The van der Waals surface area contributed by atoms with E-state index in [4.69, 9.17) is 5.73 Å². The molecule has 8 heteroatoms. The third-order valence-electron chi connectivity index (χ3n) is 1.70. The number of rotatable bonds is 0. The van der Waals surface area contributed by atoms with Crippen LogP contribution in [0.4, 0.5) is 22.1 Å². The minimum absolute atomic E-state index is 0.545. The minimum Gasteiger partial charge on any atom is -0.418 e. The topological polar surface area (TPSA) is 55.5 Å². The van der Waals surface area contributed by atoms with Crippen LogP contribution in [-0.4, -0.2) is 19.0 Å². The van der Waals surface area contributed by atoms with E-state index in [0.29, 0.717) is 0 Å². The lowest BCUT2D eigenvalue weighted by Crippen LogP contribution is -2.12. The van der Waals surface area contributed by atoms with Crippen LogP contribution in [0.15, 0.2) is 4.99 Å². The maximum atomic E-state index is 10.3. The monoisotopic (exact) mass is 227 g/mol. The number of primary amides is 1. The molecule has 0 spiro atoms. The fourth-order valence-corrected chi connectivity index (χ4v) is 1.23. The zero-order valence-corrected chi connectivity index (χ0v) is 8.06. The first-order valence-corrected chi connectivity index (χ1v) is 4.52. The molecule has 2 N–H and O–H groups in total. The number of urea groups is 1. The van der Waals surface area contributed by atoms with E-state index >= 15 is 0 Å². The predicted molar refractivity (Wildman–Crippen MR) is 50.3 cm³/mol. The SMILES string of the molecule is F[B-](F)(F)F.NC(=O)N=C1CCCCC1. The van der Waals surface area contributed by atoms with Crippen LogP contribution in [0.2, 0.25) is 0 Å². The van der Waals surface area contributed by atoms with Gasteiger partial charge in [0.2, 0.25) is 0 Å². The van der Waals surface area contributed by atoms with E-state index in [0.717, 1.165) is 31.4 Å². The molecule has 0 saturated heterocycles. The van der Waals surface area contributed by atoms with Gasteiger partial charge < -0.3 is 23.0 Å². The van der Waals surface area contributed by atoms with Crippen molar-refractivity contribution < 1.29 is 22.1 Å². The van der Waals surface area contributed by atoms with E-state index in [-0.39, 0.29) is 0 Å². The van der Waals surface area contributed by atoms with Crippen molar-refractivity contribution >= 4 is 19.0 Å². The summed E-state index contributed by atoms with van der Waals surface area (Å²) in [5.74, 6) is 0. The Morgan fingerprint density at radius 3 is 1.87 bits per heavy atom. The molecule has 1 fully saturated rings. The lowest BCUT2D eigenvalue weighted by molar-refractivity contribution is 0.256. The Hall–Kier alpha value is -1.08. The van der Waals surface area contributed by atoms with Crippen molar-refractivity contribution in [3.8, 4) is 0 Å². The number of nitrogens with two attached hydrogens (primary N) is 1. The number of carbonyl (C=O) groups is 1. The summed E-state index contributed by atoms with van der Waals surface area (Å²) >= 11 is 0. The number of carbonyl (C=O) groups excluding carboxylic acids is 1. The third kappa shape index (κ3) is 12.9. The Morgan fingerprint density at radius 1 is 1.13 bits per heavy atom. The van der Waals surface area contributed by atoms with Crippen molar-refractivity contribution in [2.24, 2.45) is 10.7 Å². The molecular formula is C7H12BF4N2O-. The second kappa shape index (κ2) is 6.42. The van der Waals surface area contributed by atoms with Crippen LogP contribution in [0, 0.1) is 0 Å². The highest BCUT2D eigenvalue weighted by atomic mass is 19.5. The Balaban J connectivity index is 0.000000336. The van der Waals surface area contributed by atoms with Crippen LogP contribution in [0.3, 0.4) is 0 Å². The summed E-state index contributed by atoms with van der Waals surface area (Å²) in [6, 6.07) is -0.545. The molecule has 0 bridgehead atoms. The summed E-state index contributed by atoms with van der Waals surface area (Å²) in [5.41, 5.74) is 5.88. The zero-order valence-electron chi connectivity index (χ0n) is 8.06. The number of hydrogen-bond acceptors (Lipinski definition) is 1. The smallest absolute Gasteiger partial charge is 0.418 e. The first-order chi connectivity index (χ1) is 6.79. The van der Waals surface area contributed by atoms with Crippen LogP contribution in [-0.2, 0) is 0 Å². The highest BCUT2D eigenvalue weighted by molar-refractivity contribution is 6.50. The van der Waals surface area contributed by atoms with Crippen molar-refractivity contribution in [1.29, 1.82) is 0 Å². The Kier molecular flexibility index (Phi) is 5.96. The van der Waals surface area contributed by atoms with Gasteiger partial charge in [-0.05, 0) is 25.7 Å². The molecule has 0 aromatic carbocycles. The van der Waals surface area contributed by atoms with E-state index in [1.807, 2.05) is 0 Å². The molecule has 0 aliphatic heterocycles. The molecule has 1 aliphatic carbocycles. The highest BCUT2D eigenvalue weighted by Crippen LogP contribution is 2.14. The van der Waals surface area contributed by atoms with Gasteiger partial charge in [0, 0.05) is 5.71 Å².